The lowest BCUT2D eigenvalue weighted by Crippen LogP contribution is -2.29. The van der Waals surface area contributed by atoms with E-state index in [9.17, 15) is 19.0 Å². The number of esters is 2. The molecule has 2 atom stereocenters. The average molecular weight is 1140 g/mol. The molecule has 3 N–H and O–H groups in total. The molecule has 0 radical (unpaired) electrons. The summed E-state index contributed by atoms with van der Waals surface area (Å²) in [5.74, 6) is -0.870. The number of nitrogens with two attached hydrogens (primary N) is 1. The molecule has 0 aromatic carbocycles. The van der Waals surface area contributed by atoms with Gasteiger partial charge in [0.25, 0.3) is 0 Å². The lowest BCUT2D eigenvalue weighted by molar-refractivity contribution is -0.161. The fourth-order valence-electron chi connectivity index (χ4n) is 9.88. The van der Waals surface area contributed by atoms with Gasteiger partial charge in [-0.2, -0.15) is 0 Å². The van der Waals surface area contributed by atoms with E-state index in [1.54, 1.807) is 0 Å². The topological polar surface area (TPSA) is 134 Å². The van der Waals surface area contributed by atoms with Crippen molar-refractivity contribution in [2.24, 2.45) is 5.73 Å². The molecule has 80 heavy (non-hydrogen) atoms. The Morgan fingerprint density at radius 2 is 0.688 bits per heavy atom. The number of ether oxygens (including phenoxy) is 2. The second-order valence-electron chi connectivity index (χ2n) is 22.7. The molecule has 0 spiro atoms. The minimum atomic E-state index is -4.41. The lowest BCUT2D eigenvalue weighted by Gasteiger charge is -2.19. The molecule has 10 heteroatoms. The van der Waals surface area contributed by atoms with Crippen molar-refractivity contribution in [3.63, 3.8) is 0 Å². The van der Waals surface area contributed by atoms with Crippen LogP contribution in [0.25, 0.3) is 0 Å². The summed E-state index contributed by atoms with van der Waals surface area (Å²) in [6.45, 7) is 3.62. The molecular weight excluding hydrogens is 1010 g/mol. The van der Waals surface area contributed by atoms with Gasteiger partial charge in [-0.25, -0.2) is 4.57 Å². The summed E-state index contributed by atoms with van der Waals surface area (Å²) < 4.78 is 33.0. The molecule has 0 amide bonds. The Labute approximate surface area is 494 Å². The Balaban J connectivity index is 3.82. The molecule has 2 unspecified atom stereocenters. The van der Waals surface area contributed by atoms with Crippen LogP contribution in [0.3, 0.4) is 0 Å². The lowest BCUT2D eigenvalue weighted by atomic mass is 10.0. The third-order valence-corrected chi connectivity index (χ3v) is 15.8. The number of hydrogen-bond acceptors (Lipinski definition) is 8. The largest absolute Gasteiger partial charge is 0.472 e. The standard InChI is InChI=1S/C70H128NO8P/c1-3-5-7-9-11-13-15-17-19-21-23-25-26-27-28-29-30-31-32-33-34-35-36-37-38-39-40-41-43-44-46-48-50-52-54-56-58-60-62-69(72)76-66-68(67-78-80(74,75)77-65-64-71)79-70(73)63-61-59-57-55-53-51-49-47-45-42-24-22-20-18-16-14-12-10-8-6-4-2/h6,8,12,14,18,20,24,42,47,49,53,55,68H,3-5,7,9-11,13,15-17,19,21-23,25-41,43-46,48,50-52,54,56-67,71H2,1-2H3,(H,74,75)/b8-6-,14-12-,20-18-,42-24-,49-47-,55-53-. The Kier molecular flexibility index (Phi) is 63.5. The Morgan fingerprint density at radius 1 is 0.388 bits per heavy atom. The van der Waals surface area contributed by atoms with Gasteiger partial charge >= 0.3 is 19.8 Å². The van der Waals surface area contributed by atoms with Crippen LogP contribution >= 0.6 is 7.82 Å². The summed E-state index contributed by atoms with van der Waals surface area (Å²) in [6, 6.07) is 0. The van der Waals surface area contributed by atoms with E-state index in [-0.39, 0.29) is 38.6 Å². The molecule has 0 rings (SSSR count). The minimum absolute atomic E-state index is 0.0440. The number of phosphoric acid groups is 1. The summed E-state index contributed by atoms with van der Waals surface area (Å²) in [7, 11) is -4.41. The molecule has 0 saturated carbocycles. The van der Waals surface area contributed by atoms with E-state index in [2.05, 4.69) is 86.8 Å². The van der Waals surface area contributed by atoms with Crippen molar-refractivity contribution in [3.8, 4) is 0 Å². The van der Waals surface area contributed by atoms with Gasteiger partial charge in [0.1, 0.15) is 6.61 Å². The van der Waals surface area contributed by atoms with E-state index >= 15 is 0 Å². The van der Waals surface area contributed by atoms with Gasteiger partial charge in [0.15, 0.2) is 6.10 Å². The maximum atomic E-state index is 12.7. The summed E-state index contributed by atoms with van der Waals surface area (Å²) in [5.41, 5.74) is 5.39. The Morgan fingerprint density at radius 3 is 1.02 bits per heavy atom. The van der Waals surface area contributed by atoms with Gasteiger partial charge in [-0.15, -0.1) is 0 Å². The molecule has 9 nitrogen and oxygen atoms in total. The zero-order valence-electron chi connectivity index (χ0n) is 52.3. The number of carbonyl (C=O) groups is 2. The zero-order valence-corrected chi connectivity index (χ0v) is 53.2. The first-order valence-corrected chi connectivity index (χ1v) is 35.4. The smallest absolute Gasteiger partial charge is 0.462 e. The summed E-state index contributed by atoms with van der Waals surface area (Å²) in [5, 5.41) is 0. The third kappa shape index (κ3) is 64.6. The van der Waals surface area contributed by atoms with Crippen LogP contribution < -0.4 is 5.73 Å². The summed E-state index contributed by atoms with van der Waals surface area (Å²) in [6.07, 6.45) is 86.0. The molecule has 0 fully saturated rings. The fourth-order valence-corrected chi connectivity index (χ4v) is 10.6. The van der Waals surface area contributed by atoms with Crippen molar-refractivity contribution < 1.29 is 37.6 Å². The normalized spacial score (nSPS) is 13.4. The maximum absolute atomic E-state index is 12.7. The van der Waals surface area contributed by atoms with E-state index < -0.39 is 26.5 Å². The summed E-state index contributed by atoms with van der Waals surface area (Å²) >= 11 is 0. The summed E-state index contributed by atoms with van der Waals surface area (Å²) in [4.78, 5) is 35.2. The highest BCUT2D eigenvalue weighted by Gasteiger charge is 2.26. The molecule has 0 aliphatic rings. The van der Waals surface area contributed by atoms with Crippen LogP contribution in [0.4, 0.5) is 0 Å². The van der Waals surface area contributed by atoms with Crippen molar-refractivity contribution in [2.45, 2.75) is 335 Å². The van der Waals surface area contributed by atoms with Crippen molar-refractivity contribution >= 4 is 19.8 Å². The molecule has 0 aromatic rings. The number of unbranched alkanes of at least 4 members (excludes halogenated alkanes) is 39. The van der Waals surface area contributed by atoms with E-state index in [1.807, 2.05) is 0 Å². The van der Waals surface area contributed by atoms with Gasteiger partial charge in [-0.05, 0) is 64.2 Å². The molecule has 0 heterocycles. The van der Waals surface area contributed by atoms with Crippen LogP contribution in [0, 0.1) is 0 Å². The van der Waals surface area contributed by atoms with E-state index in [4.69, 9.17) is 24.3 Å². The maximum Gasteiger partial charge on any atom is 0.472 e. The van der Waals surface area contributed by atoms with Crippen molar-refractivity contribution in [1.29, 1.82) is 0 Å². The first kappa shape index (κ1) is 77.5. The number of allylic oxidation sites excluding steroid dienone is 12. The van der Waals surface area contributed by atoms with Gasteiger partial charge in [0, 0.05) is 19.4 Å². The number of phosphoric ester groups is 1. The fraction of sp³-hybridized carbons (Fsp3) is 0.800. The number of carbonyl (C=O) groups excluding carboxylic acids is 2. The molecule has 0 aliphatic carbocycles. The van der Waals surface area contributed by atoms with Gasteiger partial charge in [-0.3, -0.25) is 18.6 Å². The Hall–Kier alpha value is -2.55. The predicted molar refractivity (Wildman–Crippen MR) is 344 cm³/mol. The molecule has 0 aliphatic heterocycles. The second-order valence-corrected chi connectivity index (χ2v) is 24.1. The highest BCUT2D eigenvalue weighted by molar-refractivity contribution is 7.47. The van der Waals surface area contributed by atoms with Crippen LogP contribution in [0.2, 0.25) is 0 Å². The van der Waals surface area contributed by atoms with Gasteiger partial charge in [-0.1, -0.05) is 324 Å². The van der Waals surface area contributed by atoms with Crippen LogP contribution in [-0.2, 0) is 32.7 Å². The third-order valence-electron chi connectivity index (χ3n) is 14.9. The minimum Gasteiger partial charge on any atom is -0.462 e. The van der Waals surface area contributed by atoms with E-state index in [1.165, 1.54) is 225 Å². The van der Waals surface area contributed by atoms with Gasteiger partial charge in [0.2, 0.25) is 0 Å². The monoisotopic (exact) mass is 1140 g/mol. The van der Waals surface area contributed by atoms with E-state index in [0.717, 1.165) is 70.6 Å². The molecule has 466 valence electrons. The zero-order chi connectivity index (χ0) is 58.0. The van der Waals surface area contributed by atoms with E-state index in [0.29, 0.717) is 6.42 Å². The Bertz CT molecular complexity index is 1540. The first-order chi connectivity index (χ1) is 39.3. The predicted octanol–water partition coefficient (Wildman–Crippen LogP) is 22.0. The van der Waals surface area contributed by atoms with Crippen LogP contribution in [0.15, 0.2) is 72.9 Å². The van der Waals surface area contributed by atoms with Gasteiger partial charge < -0.3 is 20.1 Å². The SMILES string of the molecule is CC/C=C\C/C=C\C/C=C\C/C=C\C/C=C\C/C=C\CCCCC(=O)OC(COC(=O)CCCCCCCCCCCCCCCCCCCCCCCCCCCCCCCCCCCCCCCC)COP(=O)(O)OCCN. The van der Waals surface area contributed by atoms with Crippen LogP contribution in [0.1, 0.15) is 328 Å². The van der Waals surface area contributed by atoms with Crippen molar-refractivity contribution in [1.82, 2.24) is 0 Å². The highest BCUT2D eigenvalue weighted by atomic mass is 31.2. The average Bonchev–Trinajstić information content (AvgIpc) is 3.45. The number of hydrogen-bond donors (Lipinski definition) is 2. The van der Waals surface area contributed by atoms with Gasteiger partial charge in [0.05, 0.1) is 13.2 Å². The highest BCUT2D eigenvalue weighted by Crippen LogP contribution is 2.43. The molecule has 0 aromatic heterocycles. The molecular formula is C70H128NO8P. The number of rotatable bonds is 64. The van der Waals surface area contributed by atoms with Crippen molar-refractivity contribution in [3.05, 3.63) is 72.9 Å². The van der Waals surface area contributed by atoms with Crippen molar-refractivity contribution in [2.75, 3.05) is 26.4 Å². The van der Waals surface area contributed by atoms with Crippen LogP contribution in [-0.4, -0.2) is 49.3 Å². The quantitative estimate of drug-likeness (QED) is 0.0264. The second kappa shape index (κ2) is 65.6. The first-order valence-electron chi connectivity index (χ1n) is 33.9. The van der Waals surface area contributed by atoms with Crippen LogP contribution in [0.5, 0.6) is 0 Å². The molecule has 0 bridgehead atoms. The molecule has 0 saturated heterocycles.